The standard InChI is InChI=1S/C6H7F2NO.C5H10O2/c7-5(8)1-4-2-6(10)9-3-4;1-3-4-5(6)7-2/h1,4H,2-3H2,(H,9,10);3-4H2,1-2H3/t4-;/m1./s1. The van der Waals surface area contributed by atoms with Crippen LogP contribution in [0.2, 0.25) is 0 Å². The van der Waals surface area contributed by atoms with Crippen LogP contribution in [-0.4, -0.2) is 25.5 Å². The van der Waals surface area contributed by atoms with Gasteiger partial charge in [-0.2, -0.15) is 8.78 Å². The first-order chi connectivity index (χ1) is 7.99. The molecule has 1 fully saturated rings. The van der Waals surface area contributed by atoms with Gasteiger partial charge in [0.2, 0.25) is 5.91 Å². The lowest BCUT2D eigenvalue weighted by molar-refractivity contribution is -0.140. The van der Waals surface area contributed by atoms with E-state index in [2.05, 4.69) is 10.1 Å². The van der Waals surface area contributed by atoms with Crippen LogP contribution < -0.4 is 5.32 Å². The quantitative estimate of drug-likeness (QED) is 0.777. The summed E-state index contributed by atoms with van der Waals surface area (Å²) >= 11 is 0. The Morgan fingerprint density at radius 1 is 1.59 bits per heavy atom. The zero-order valence-electron chi connectivity index (χ0n) is 9.96. The van der Waals surface area contributed by atoms with Crippen molar-refractivity contribution in [2.75, 3.05) is 13.7 Å². The normalized spacial score (nSPS) is 17.6. The Morgan fingerprint density at radius 3 is 2.53 bits per heavy atom. The van der Waals surface area contributed by atoms with Crippen molar-refractivity contribution in [1.82, 2.24) is 5.32 Å². The average molecular weight is 249 g/mol. The summed E-state index contributed by atoms with van der Waals surface area (Å²) in [6.07, 6.45) is 0.708. The zero-order valence-corrected chi connectivity index (χ0v) is 9.96. The van der Waals surface area contributed by atoms with Gasteiger partial charge in [0, 0.05) is 25.3 Å². The van der Waals surface area contributed by atoms with Crippen LogP contribution in [0, 0.1) is 5.92 Å². The van der Waals surface area contributed by atoms with Crippen molar-refractivity contribution in [2.24, 2.45) is 5.92 Å². The smallest absolute Gasteiger partial charge is 0.305 e. The molecule has 0 aromatic carbocycles. The second-order valence-corrected chi connectivity index (χ2v) is 3.55. The molecule has 0 aliphatic carbocycles. The molecule has 0 aromatic heterocycles. The third-order valence-electron chi connectivity index (χ3n) is 2.05. The first kappa shape index (κ1) is 15.5. The zero-order chi connectivity index (χ0) is 13.3. The number of hydrogen-bond donors (Lipinski definition) is 1. The molecule has 0 radical (unpaired) electrons. The maximum absolute atomic E-state index is 11.5. The van der Waals surface area contributed by atoms with Gasteiger partial charge in [-0.05, 0) is 12.5 Å². The minimum absolute atomic E-state index is 0.123. The summed E-state index contributed by atoms with van der Waals surface area (Å²) in [7, 11) is 1.40. The number of rotatable bonds is 3. The Bertz CT molecular complexity index is 288. The van der Waals surface area contributed by atoms with Gasteiger partial charge in [-0.25, -0.2) is 0 Å². The third kappa shape index (κ3) is 8.36. The molecular weight excluding hydrogens is 232 g/mol. The van der Waals surface area contributed by atoms with Gasteiger partial charge >= 0.3 is 5.97 Å². The lowest BCUT2D eigenvalue weighted by atomic mass is 10.1. The lowest BCUT2D eigenvalue weighted by Crippen LogP contribution is -2.13. The summed E-state index contributed by atoms with van der Waals surface area (Å²) in [5, 5.41) is 2.46. The van der Waals surface area contributed by atoms with E-state index in [1.54, 1.807) is 0 Å². The van der Waals surface area contributed by atoms with Crippen LogP contribution >= 0.6 is 0 Å². The monoisotopic (exact) mass is 249 g/mol. The van der Waals surface area contributed by atoms with Crippen molar-refractivity contribution >= 4 is 11.9 Å². The number of esters is 1. The Hall–Kier alpha value is -1.46. The number of ether oxygens (including phenoxy) is 1. The van der Waals surface area contributed by atoms with Crippen LogP contribution in [0.3, 0.4) is 0 Å². The van der Waals surface area contributed by atoms with E-state index >= 15 is 0 Å². The van der Waals surface area contributed by atoms with E-state index in [1.165, 1.54) is 7.11 Å². The predicted molar refractivity (Wildman–Crippen MR) is 58.3 cm³/mol. The highest BCUT2D eigenvalue weighted by molar-refractivity contribution is 5.78. The fourth-order valence-electron chi connectivity index (χ4n) is 1.23. The highest BCUT2D eigenvalue weighted by Crippen LogP contribution is 2.13. The highest BCUT2D eigenvalue weighted by atomic mass is 19.3. The van der Waals surface area contributed by atoms with Crippen LogP contribution in [-0.2, 0) is 14.3 Å². The molecule has 0 aromatic rings. The SMILES string of the molecule is CCCC(=O)OC.O=C1C[C@@H](C=C(F)F)CN1. The summed E-state index contributed by atoms with van der Waals surface area (Å²) in [4.78, 5) is 20.6. The Labute approximate surface area is 99.0 Å². The van der Waals surface area contributed by atoms with Crippen molar-refractivity contribution in [3.05, 3.63) is 12.2 Å². The van der Waals surface area contributed by atoms with Crippen LogP contribution in [0.25, 0.3) is 0 Å². The number of nitrogens with one attached hydrogen (secondary N) is 1. The molecule has 1 aliphatic rings. The van der Waals surface area contributed by atoms with Crippen molar-refractivity contribution < 1.29 is 23.1 Å². The predicted octanol–water partition coefficient (Wildman–Crippen LogP) is 1.86. The number of amides is 1. The number of halogens is 2. The molecule has 1 N–H and O–H groups in total. The molecular formula is C11H17F2NO3. The summed E-state index contributed by atoms with van der Waals surface area (Å²) in [5.41, 5.74) is 0. The minimum atomic E-state index is -1.71. The molecule has 6 heteroatoms. The van der Waals surface area contributed by atoms with Gasteiger partial charge in [-0.1, -0.05) is 6.92 Å². The number of carbonyl (C=O) groups excluding carboxylic acids is 2. The molecule has 0 spiro atoms. The molecule has 17 heavy (non-hydrogen) atoms. The van der Waals surface area contributed by atoms with Crippen LogP contribution in [0.1, 0.15) is 26.2 Å². The van der Waals surface area contributed by atoms with E-state index in [0.717, 1.165) is 12.5 Å². The Balaban J connectivity index is 0.000000325. The van der Waals surface area contributed by atoms with Gasteiger partial charge < -0.3 is 10.1 Å². The molecule has 1 heterocycles. The van der Waals surface area contributed by atoms with Gasteiger partial charge in [0.25, 0.3) is 6.08 Å². The first-order valence-electron chi connectivity index (χ1n) is 5.35. The Kier molecular flexibility index (Phi) is 7.92. The summed E-state index contributed by atoms with van der Waals surface area (Å²) in [6.45, 7) is 2.28. The van der Waals surface area contributed by atoms with Crippen LogP contribution in [0.15, 0.2) is 12.2 Å². The number of hydrogen-bond acceptors (Lipinski definition) is 3. The molecule has 4 nitrogen and oxygen atoms in total. The van der Waals surface area contributed by atoms with E-state index in [0.29, 0.717) is 13.0 Å². The third-order valence-corrected chi connectivity index (χ3v) is 2.05. The maximum atomic E-state index is 11.5. The number of methoxy groups -OCH3 is 1. The fraction of sp³-hybridized carbons (Fsp3) is 0.636. The molecule has 1 amide bonds. The molecule has 0 bridgehead atoms. The van der Waals surface area contributed by atoms with Gasteiger partial charge in [-0.15, -0.1) is 0 Å². The Morgan fingerprint density at radius 2 is 2.24 bits per heavy atom. The van der Waals surface area contributed by atoms with Crippen molar-refractivity contribution in [2.45, 2.75) is 26.2 Å². The molecule has 0 saturated carbocycles. The van der Waals surface area contributed by atoms with Crippen molar-refractivity contribution in [1.29, 1.82) is 0 Å². The van der Waals surface area contributed by atoms with E-state index in [-0.39, 0.29) is 24.2 Å². The largest absolute Gasteiger partial charge is 0.469 e. The average Bonchev–Trinajstić information content (AvgIpc) is 2.64. The minimum Gasteiger partial charge on any atom is -0.469 e. The van der Waals surface area contributed by atoms with E-state index < -0.39 is 6.08 Å². The van der Waals surface area contributed by atoms with Crippen molar-refractivity contribution in [3.63, 3.8) is 0 Å². The molecule has 1 rings (SSSR count). The molecule has 98 valence electrons. The first-order valence-corrected chi connectivity index (χ1v) is 5.35. The second kappa shape index (κ2) is 8.66. The highest BCUT2D eigenvalue weighted by Gasteiger charge is 2.19. The second-order valence-electron chi connectivity index (χ2n) is 3.55. The topological polar surface area (TPSA) is 55.4 Å². The van der Waals surface area contributed by atoms with E-state index in [1.807, 2.05) is 6.92 Å². The molecule has 1 saturated heterocycles. The van der Waals surface area contributed by atoms with Gasteiger partial charge in [0.15, 0.2) is 0 Å². The van der Waals surface area contributed by atoms with Gasteiger partial charge in [-0.3, -0.25) is 9.59 Å². The maximum Gasteiger partial charge on any atom is 0.305 e. The van der Waals surface area contributed by atoms with E-state index in [9.17, 15) is 18.4 Å². The van der Waals surface area contributed by atoms with Gasteiger partial charge in [0.1, 0.15) is 0 Å². The molecule has 1 atom stereocenters. The summed E-state index contributed by atoms with van der Waals surface area (Å²) in [6, 6.07) is 0. The summed E-state index contributed by atoms with van der Waals surface area (Å²) in [5.74, 6) is -0.581. The van der Waals surface area contributed by atoms with Gasteiger partial charge in [0.05, 0.1) is 7.11 Å². The fourth-order valence-corrected chi connectivity index (χ4v) is 1.23. The van der Waals surface area contributed by atoms with Crippen LogP contribution in [0.5, 0.6) is 0 Å². The number of carbonyl (C=O) groups is 2. The van der Waals surface area contributed by atoms with E-state index in [4.69, 9.17) is 0 Å². The summed E-state index contributed by atoms with van der Waals surface area (Å²) < 4.78 is 27.4. The molecule has 1 aliphatic heterocycles. The van der Waals surface area contributed by atoms with Crippen LogP contribution in [0.4, 0.5) is 8.78 Å². The lowest BCUT2D eigenvalue weighted by Gasteiger charge is -1.94. The molecule has 0 unspecified atom stereocenters. The van der Waals surface area contributed by atoms with Crippen molar-refractivity contribution in [3.8, 4) is 0 Å².